The summed E-state index contributed by atoms with van der Waals surface area (Å²) >= 11 is 0. The minimum absolute atomic E-state index is 0.00726. The van der Waals surface area contributed by atoms with E-state index in [1.54, 1.807) is 11.8 Å². The van der Waals surface area contributed by atoms with Gasteiger partial charge in [0.2, 0.25) is 0 Å². The Kier molecular flexibility index (Phi) is 5.02. The van der Waals surface area contributed by atoms with Crippen molar-refractivity contribution in [3.8, 4) is 17.0 Å². The van der Waals surface area contributed by atoms with Crippen LogP contribution in [0, 0.1) is 0 Å². The van der Waals surface area contributed by atoms with Gasteiger partial charge in [-0.2, -0.15) is 5.10 Å². The third kappa shape index (κ3) is 3.58. The van der Waals surface area contributed by atoms with Gasteiger partial charge in [-0.15, -0.1) is 0 Å². The molecule has 1 amide bonds. The number of methoxy groups -OCH3 is 1. The van der Waals surface area contributed by atoms with Crippen LogP contribution < -0.4 is 9.64 Å². The lowest BCUT2D eigenvalue weighted by Crippen LogP contribution is -2.48. The molecule has 0 N–H and O–H groups in total. The maximum atomic E-state index is 12.9. The van der Waals surface area contributed by atoms with E-state index in [9.17, 15) is 4.79 Å². The summed E-state index contributed by atoms with van der Waals surface area (Å²) in [6.45, 7) is 2.97. The summed E-state index contributed by atoms with van der Waals surface area (Å²) in [4.78, 5) is 17.1. The Hall–Kier alpha value is -3.28. The fourth-order valence-corrected chi connectivity index (χ4v) is 3.57. The molecule has 1 aromatic heterocycles. The van der Waals surface area contributed by atoms with Crippen molar-refractivity contribution >= 4 is 11.6 Å². The van der Waals surface area contributed by atoms with Gasteiger partial charge < -0.3 is 14.5 Å². The van der Waals surface area contributed by atoms with Gasteiger partial charge in [0.15, 0.2) is 5.69 Å². The van der Waals surface area contributed by atoms with Crippen molar-refractivity contribution in [1.29, 1.82) is 0 Å². The van der Waals surface area contributed by atoms with Crippen LogP contribution in [-0.2, 0) is 7.05 Å². The van der Waals surface area contributed by atoms with Crippen LogP contribution in [0.4, 0.5) is 5.69 Å². The molecule has 2 heterocycles. The molecule has 1 saturated heterocycles. The van der Waals surface area contributed by atoms with Crippen LogP contribution in [0.25, 0.3) is 11.3 Å². The van der Waals surface area contributed by atoms with E-state index >= 15 is 0 Å². The molecule has 1 aliphatic heterocycles. The molecule has 0 radical (unpaired) electrons. The first-order valence-electron chi connectivity index (χ1n) is 9.43. The topological polar surface area (TPSA) is 50.6 Å². The predicted molar refractivity (Wildman–Crippen MR) is 110 cm³/mol. The quantitative estimate of drug-likeness (QED) is 0.702. The van der Waals surface area contributed by atoms with E-state index in [1.807, 2.05) is 60.5 Å². The van der Waals surface area contributed by atoms with Crippen molar-refractivity contribution in [2.45, 2.75) is 0 Å². The summed E-state index contributed by atoms with van der Waals surface area (Å²) in [5.41, 5.74) is 3.65. The first-order valence-corrected chi connectivity index (χ1v) is 9.43. The average molecular weight is 376 g/mol. The molecule has 144 valence electrons. The smallest absolute Gasteiger partial charge is 0.274 e. The van der Waals surface area contributed by atoms with E-state index in [4.69, 9.17) is 4.74 Å². The van der Waals surface area contributed by atoms with Crippen molar-refractivity contribution in [3.05, 3.63) is 66.4 Å². The fourth-order valence-electron chi connectivity index (χ4n) is 3.57. The van der Waals surface area contributed by atoms with E-state index in [0.717, 1.165) is 35.8 Å². The Labute approximate surface area is 164 Å². The average Bonchev–Trinajstić information content (AvgIpc) is 3.15. The second-order valence-corrected chi connectivity index (χ2v) is 6.88. The third-order valence-corrected chi connectivity index (χ3v) is 5.17. The van der Waals surface area contributed by atoms with E-state index in [2.05, 4.69) is 22.1 Å². The van der Waals surface area contributed by atoms with Gasteiger partial charge in [-0.25, -0.2) is 0 Å². The lowest BCUT2D eigenvalue weighted by Gasteiger charge is -2.35. The molecule has 6 nitrogen and oxygen atoms in total. The number of carbonyl (C=O) groups excluding carboxylic acids is 1. The molecule has 0 saturated carbocycles. The van der Waals surface area contributed by atoms with Gasteiger partial charge in [-0.3, -0.25) is 9.48 Å². The van der Waals surface area contributed by atoms with Crippen molar-refractivity contribution < 1.29 is 9.53 Å². The number of aryl methyl sites for hydroxylation is 1. The number of hydrogen-bond acceptors (Lipinski definition) is 4. The number of benzene rings is 2. The SMILES string of the molecule is COc1ccc(N2CCN(C(=O)c3cc(-c4ccccc4)n(C)n3)CC2)cc1. The number of ether oxygens (including phenoxy) is 1. The van der Waals surface area contributed by atoms with Gasteiger partial charge in [0.25, 0.3) is 5.91 Å². The molecular weight excluding hydrogens is 352 g/mol. The summed E-state index contributed by atoms with van der Waals surface area (Å²) in [7, 11) is 3.54. The molecule has 0 aliphatic carbocycles. The maximum Gasteiger partial charge on any atom is 0.274 e. The number of aromatic nitrogens is 2. The van der Waals surface area contributed by atoms with Gasteiger partial charge in [-0.05, 0) is 35.9 Å². The van der Waals surface area contributed by atoms with Gasteiger partial charge in [0.05, 0.1) is 12.8 Å². The van der Waals surface area contributed by atoms with Crippen LogP contribution in [0.15, 0.2) is 60.7 Å². The molecule has 6 heteroatoms. The van der Waals surface area contributed by atoms with E-state index in [-0.39, 0.29) is 5.91 Å². The van der Waals surface area contributed by atoms with E-state index in [1.165, 1.54) is 0 Å². The zero-order chi connectivity index (χ0) is 19.5. The number of anilines is 1. The maximum absolute atomic E-state index is 12.9. The van der Waals surface area contributed by atoms with E-state index in [0.29, 0.717) is 18.8 Å². The molecule has 4 rings (SSSR count). The van der Waals surface area contributed by atoms with Crippen molar-refractivity contribution in [2.75, 3.05) is 38.2 Å². The van der Waals surface area contributed by atoms with Crippen molar-refractivity contribution in [2.24, 2.45) is 7.05 Å². The van der Waals surface area contributed by atoms with Gasteiger partial charge >= 0.3 is 0 Å². The molecule has 3 aromatic rings. The lowest BCUT2D eigenvalue weighted by atomic mass is 10.1. The van der Waals surface area contributed by atoms with Crippen LogP contribution in [0.2, 0.25) is 0 Å². The monoisotopic (exact) mass is 376 g/mol. The van der Waals surface area contributed by atoms with Crippen LogP contribution in [0.5, 0.6) is 5.75 Å². The summed E-state index contributed by atoms with van der Waals surface area (Å²) in [6.07, 6.45) is 0. The normalized spacial score (nSPS) is 14.2. The molecule has 1 fully saturated rings. The fraction of sp³-hybridized carbons (Fsp3) is 0.273. The Morgan fingerprint density at radius 3 is 2.29 bits per heavy atom. The highest BCUT2D eigenvalue weighted by Gasteiger charge is 2.24. The Bertz CT molecular complexity index is 942. The van der Waals surface area contributed by atoms with Gasteiger partial charge in [-0.1, -0.05) is 30.3 Å². The van der Waals surface area contributed by atoms with Gasteiger partial charge in [0.1, 0.15) is 5.75 Å². The number of carbonyl (C=O) groups is 1. The zero-order valence-corrected chi connectivity index (χ0v) is 16.2. The van der Waals surface area contributed by atoms with Crippen molar-refractivity contribution in [3.63, 3.8) is 0 Å². The zero-order valence-electron chi connectivity index (χ0n) is 16.2. The Balaban J connectivity index is 1.43. The molecule has 0 bridgehead atoms. The first kappa shape index (κ1) is 18.1. The highest BCUT2D eigenvalue weighted by molar-refractivity contribution is 5.93. The number of piperazine rings is 1. The molecule has 1 aliphatic rings. The first-order chi connectivity index (χ1) is 13.7. The number of amides is 1. The minimum atomic E-state index is -0.00726. The standard InChI is InChI=1S/C22H24N4O2/c1-24-21(17-6-4-3-5-7-17)16-20(23-24)22(27)26-14-12-25(13-15-26)18-8-10-19(28-2)11-9-18/h3-11,16H,12-15H2,1-2H3. The molecule has 0 atom stereocenters. The predicted octanol–water partition coefficient (Wildman–Crippen LogP) is 3.06. The van der Waals surface area contributed by atoms with Crippen molar-refractivity contribution in [1.82, 2.24) is 14.7 Å². The molecule has 2 aromatic carbocycles. The summed E-state index contributed by atoms with van der Waals surface area (Å²) in [6, 6.07) is 19.9. The lowest BCUT2D eigenvalue weighted by molar-refractivity contribution is 0.0740. The summed E-state index contributed by atoms with van der Waals surface area (Å²) < 4.78 is 6.99. The molecule has 28 heavy (non-hydrogen) atoms. The highest BCUT2D eigenvalue weighted by Crippen LogP contribution is 2.23. The molecular formula is C22H24N4O2. The van der Waals surface area contributed by atoms with Crippen LogP contribution >= 0.6 is 0 Å². The third-order valence-electron chi connectivity index (χ3n) is 5.17. The molecule has 0 unspecified atom stereocenters. The largest absolute Gasteiger partial charge is 0.497 e. The van der Waals surface area contributed by atoms with Crippen LogP contribution in [0.3, 0.4) is 0 Å². The summed E-state index contributed by atoms with van der Waals surface area (Å²) in [5, 5.41) is 4.46. The van der Waals surface area contributed by atoms with Gasteiger partial charge in [0, 0.05) is 38.9 Å². The number of rotatable bonds is 4. The van der Waals surface area contributed by atoms with E-state index < -0.39 is 0 Å². The Morgan fingerprint density at radius 2 is 1.64 bits per heavy atom. The van der Waals surface area contributed by atoms with Crippen LogP contribution in [0.1, 0.15) is 10.5 Å². The highest BCUT2D eigenvalue weighted by atomic mass is 16.5. The molecule has 0 spiro atoms. The summed E-state index contributed by atoms with van der Waals surface area (Å²) in [5.74, 6) is 0.842. The van der Waals surface area contributed by atoms with Crippen LogP contribution in [-0.4, -0.2) is 53.9 Å². The second-order valence-electron chi connectivity index (χ2n) is 6.88. The number of hydrogen-bond donors (Lipinski definition) is 0. The minimum Gasteiger partial charge on any atom is -0.497 e. The number of nitrogens with zero attached hydrogens (tertiary/aromatic N) is 4. The Morgan fingerprint density at radius 1 is 0.964 bits per heavy atom. The second kappa shape index (κ2) is 7.76.